The van der Waals surface area contributed by atoms with E-state index in [9.17, 15) is 4.79 Å². The summed E-state index contributed by atoms with van der Waals surface area (Å²) in [6.07, 6.45) is 0.987. The molecule has 0 saturated carbocycles. The molecule has 0 radical (unpaired) electrons. The van der Waals surface area contributed by atoms with E-state index in [0.717, 1.165) is 25.2 Å². The first-order chi connectivity index (χ1) is 12.7. The number of ether oxygens (including phenoxy) is 2. The number of rotatable bonds is 7. The van der Waals surface area contributed by atoms with Crippen molar-refractivity contribution in [2.45, 2.75) is 26.8 Å². The number of carbonyl (C=O) groups is 1. The third-order valence-electron chi connectivity index (χ3n) is 4.40. The van der Waals surface area contributed by atoms with Crippen LogP contribution in [-0.2, 0) is 17.8 Å². The molecule has 0 fully saturated rings. The summed E-state index contributed by atoms with van der Waals surface area (Å²) in [4.78, 5) is 14.6. The van der Waals surface area contributed by atoms with E-state index in [1.807, 2.05) is 32.0 Å². The van der Waals surface area contributed by atoms with Crippen LogP contribution < -0.4 is 14.8 Å². The first-order valence-corrected chi connectivity index (χ1v) is 9.18. The molecular weight excluding hydrogens is 328 g/mol. The average Bonchev–Trinajstić information content (AvgIpc) is 2.64. The zero-order valence-electron chi connectivity index (χ0n) is 15.5. The van der Waals surface area contributed by atoms with Gasteiger partial charge in [0.25, 0.3) is 0 Å². The minimum atomic E-state index is -0.0176. The van der Waals surface area contributed by atoms with Crippen LogP contribution in [-0.4, -0.2) is 37.1 Å². The third kappa shape index (κ3) is 4.55. The molecule has 5 nitrogen and oxygen atoms in total. The van der Waals surface area contributed by atoms with Gasteiger partial charge >= 0.3 is 0 Å². The molecule has 0 bridgehead atoms. The van der Waals surface area contributed by atoms with Crippen molar-refractivity contribution >= 4 is 11.6 Å². The zero-order valence-corrected chi connectivity index (χ0v) is 15.5. The third-order valence-corrected chi connectivity index (χ3v) is 4.40. The standard InChI is InChI=1S/C21H26N2O3/c1-3-25-19-10-9-18(13-20(19)26-4-2)22-21(24)15-23-12-11-16-7-5-6-8-17(16)14-23/h5-10,13H,3-4,11-12,14-15H2,1-2H3,(H,22,24). The largest absolute Gasteiger partial charge is 0.490 e. The molecule has 0 atom stereocenters. The fourth-order valence-electron chi connectivity index (χ4n) is 3.22. The Kier molecular flexibility index (Phi) is 6.12. The van der Waals surface area contributed by atoms with Crippen LogP contribution in [0.15, 0.2) is 42.5 Å². The smallest absolute Gasteiger partial charge is 0.238 e. The normalized spacial score (nSPS) is 13.8. The molecule has 5 heteroatoms. The van der Waals surface area contributed by atoms with Crippen molar-refractivity contribution in [3.05, 3.63) is 53.6 Å². The molecule has 1 heterocycles. The molecule has 0 aliphatic carbocycles. The van der Waals surface area contributed by atoms with Crippen LogP contribution in [0, 0.1) is 0 Å². The predicted octanol–water partition coefficient (Wildman–Crippen LogP) is 3.48. The second kappa shape index (κ2) is 8.72. The lowest BCUT2D eigenvalue weighted by Gasteiger charge is -2.28. The van der Waals surface area contributed by atoms with Crippen LogP contribution in [0.1, 0.15) is 25.0 Å². The number of anilines is 1. The van der Waals surface area contributed by atoms with Crippen molar-refractivity contribution in [1.82, 2.24) is 4.90 Å². The van der Waals surface area contributed by atoms with Crippen LogP contribution in [0.3, 0.4) is 0 Å². The van der Waals surface area contributed by atoms with E-state index in [1.54, 1.807) is 0 Å². The van der Waals surface area contributed by atoms with Crippen molar-refractivity contribution in [2.75, 3.05) is 31.6 Å². The van der Waals surface area contributed by atoms with Gasteiger partial charge in [0.15, 0.2) is 11.5 Å². The molecule has 3 rings (SSSR count). The lowest BCUT2D eigenvalue weighted by molar-refractivity contribution is -0.117. The van der Waals surface area contributed by atoms with Crippen molar-refractivity contribution in [1.29, 1.82) is 0 Å². The molecule has 1 N–H and O–H groups in total. The van der Waals surface area contributed by atoms with Gasteiger partial charge in [-0.2, -0.15) is 0 Å². The van der Waals surface area contributed by atoms with Gasteiger partial charge in [-0.3, -0.25) is 9.69 Å². The molecule has 2 aromatic carbocycles. The Hall–Kier alpha value is -2.53. The highest BCUT2D eigenvalue weighted by atomic mass is 16.5. The number of carbonyl (C=O) groups excluding carboxylic acids is 1. The molecule has 0 unspecified atom stereocenters. The summed E-state index contributed by atoms with van der Waals surface area (Å²) in [5.41, 5.74) is 3.42. The lowest BCUT2D eigenvalue weighted by atomic mass is 10.00. The minimum absolute atomic E-state index is 0.0176. The molecular formula is C21H26N2O3. The molecule has 0 aromatic heterocycles. The van der Waals surface area contributed by atoms with Crippen molar-refractivity contribution in [3.63, 3.8) is 0 Å². The second-order valence-corrected chi connectivity index (χ2v) is 6.31. The number of hydrogen-bond donors (Lipinski definition) is 1. The van der Waals surface area contributed by atoms with Gasteiger partial charge in [0.05, 0.1) is 19.8 Å². The Bertz CT molecular complexity index is 761. The first kappa shape index (κ1) is 18.3. The molecule has 0 spiro atoms. The number of hydrogen-bond acceptors (Lipinski definition) is 4. The van der Waals surface area contributed by atoms with Crippen molar-refractivity contribution in [3.8, 4) is 11.5 Å². The van der Waals surface area contributed by atoms with Crippen molar-refractivity contribution in [2.24, 2.45) is 0 Å². The number of fused-ring (bicyclic) bond motifs is 1. The lowest BCUT2D eigenvalue weighted by Crippen LogP contribution is -2.37. The van der Waals surface area contributed by atoms with Crippen LogP contribution in [0.5, 0.6) is 11.5 Å². The summed E-state index contributed by atoms with van der Waals surface area (Å²) in [5, 5.41) is 2.97. The van der Waals surface area contributed by atoms with Gasteiger partial charge in [-0.25, -0.2) is 0 Å². The van der Waals surface area contributed by atoms with Crippen LogP contribution in [0.25, 0.3) is 0 Å². The molecule has 1 aliphatic heterocycles. The molecule has 2 aromatic rings. The van der Waals surface area contributed by atoms with E-state index in [1.165, 1.54) is 11.1 Å². The topological polar surface area (TPSA) is 50.8 Å². The van der Waals surface area contributed by atoms with E-state index in [-0.39, 0.29) is 5.91 Å². The minimum Gasteiger partial charge on any atom is -0.490 e. The summed E-state index contributed by atoms with van der Waals surface area (Å²) in [6.45, 7) is 7.07. The van der Waals surface area contributed by atoms with E-state index in [0.29, 0.717) is 31.3 Å². The van der Waals surface area contributed by atoms with Crippen LogP contribution >= 0.6 is 0 Å². The highest BCUT2D eigenvalue weighted by molar-refractivity contribution is 5.92. The summed E-state index contributed by atoms with van der Waals surface area (Å²) in [7, 11) is 0. The number of nitrogens with one attached hydrogen (secondary N) is 1. The Morgan fingerprint density at radius 3 is 2.54 bits per heavy atom. The highest BCUT2D eigenvalue weighted by Gasteiger charge is 2.18. The van der Waals surface area contributed by atoms with Crippen molar-refractivity contribution < 1.29 is 14.3 Å². The summed E-state index contributed by atoms with van der Waals surface area (Å²) in [5.74, 6) is 1.33. The fraction of sp³-hybridized carbons (Fsp3) is 0.381. The maximum atomic E-state index is 12.4. The molecule has 138 valence electrons. The maximum Gasteiger partial charge on any atom is 0.238 e. The van der Waals surface area contributed by atoms with Crippen LogP contribution in [0.4, 0.5) is 5.69 Å². The van der Waals surface area contributed by atoms with E-state index in [2.05, 4.69) is 34.5 Å². The first-order valence-electron chi connectivity index (χ1n) is 9.18. The fourth-order valence-corrected chi connectivity index (χ4v) is 3.22. The van der Waals surface area contributed by atoms with Gasteiger partial charge in [-0.1, -0.05) is 24.3 Å². The van der Waals surface area contributed by atoms with Gasteiger partial charge in [0.1, 0.15) is 0 Å². The molecule has 26 heavy (non-hydrogen) atoms. The van der Waals surface area contributed by atoms with E-state index < -0.39 is 0 Å². The number of nitrogens with zero attached hydrogens (tertiary/aromatic N) is 1. The Morgan fingerprint density at radius 2 is 1.77 bits per heavy atom. The Labute approximate surface area is 154 Å². The maximum absolute atomic E-state index is 12.4. The summed E-state index contributed by atoms with van der Waals surface area (Å²) in [6, 6.07) is 13.9. The van der Waals surface area contributed by atoms with Crippen LogP contribution in [0.2, 0.25) is 0 Å². The zero-order chi connectivity index (χ0) is 18.4. The van der Waals surface area contributed by atoms with Gasteiger partial charge in [-0.05, 0) is 43.5 Å². The molecule has 1 aliphatic rings. The molecule has 1 amide bonds. The van der Waals surface area contributed by atoms with Gasteiger partial charge in [0, 0.05) is 24.8 Å². The molecule has 0 saturated heterocycles. The van der Waals surface area contributed by atoms with E-state index in [4.69, 9.17) is 9.47 Å². The number of benzene rings is 2. The summed E-state index contributed by atoms with van der Waals surface area (Å²) >= 11 is 0. The van der Waals surface area contributed by atoms with Gasteiger partial charge < -0.3 is 14.8 Å². The van der Waals surface area contributed by atoms with E-state index >= 15 is 0 Å². The average molecular weight is 354 g/mol. The monoisotopic (exact) mass is 354 g/mol. The second-order valence-electron chi connectivity index (χ2n) is 6.31. The highest BCUT2D eigenvalue weighted by Crippen LogP contribution is 2.30. The Morgan fingerprint density at radius 1 is 1.04 bits per heavy atom. The quantitative estimate of drug-likeness (QED) is 0.827. The SMILES string of the molecule is CCOc1ccc(NC(=O)CN2CCc3ccccc3C2)cc1OCC. The summed E-state index contributed by atoms with van der Waals surface area (Å²) < 4.78 is 11.2. The van der Waals surface area contributed by atoms with Gasteiger partial charge in [0.2, 0.25) is 5.91 Å². The predicted molar refractivity (Wildman–Crippen MR) is 103 cm³/mol. The Balaban J connectivity index is 1.60. The number of amides is 1. The van der Waals surface area contributed by atoms with Gasteiger partial charge in [-0.15, -0.1) is 0 Å².